The van der Waals surface area contributed by atoms with Crippen LogP contribution in [0.5, 0.6) is 17.2 Å². The number of methoxy groups -OCH3 is 3. The summed E-state index contributed by atoms with van der Waals surface area (Å²) in [6, 6.07) is 11.6. The van der Waals surface area contributed by atoms with Gasteiger partial charge in [0.15, 0.2) is 11.5 Å². The molecule has 8 heteroatoms. The van der Waals surface area contributed by atoms with Crippen LogP contribution in [0.2, 0.25) is 0 Å². The molecule has 2 heterocycles. The van der Waals surface area contributed by atoms with Crippen LogP contribution in [0.15, 0.2) is 48.8 Å². The summed E-state index contributed by atoms with van der Waals surface area (Å²) < 4.78 is 16.1. The first-order valence-corrected chi connectivity index (χ1v) is 9.58. The van der Waals surface area contributed by atoms with E-state index in [-0.39, 0.29) is 5.95 Å². The third-order valence-corrected chi connectivity index (χ3v) is 4.98. The molecule has 8 nitrogen and oxygen atoms in total. The van der Waals surface area contributed by atoms with E-state index >= 15 is 0 Å². The first-order valence-electron chi connectivity index (χ1n) is 9.58. The number of nitrogens with zero attached hydrogens (tertiary/aromatic N) is 3. The van der Waals surface area contributed by atoms with Crippen molar-refractivity contribution < 1.29 is 14.2 Å². The van der Waals surface area contributed by atoms with Gasteiger partial charge in [0.2, 0.25) is 5.95 Å². The van der Waals surface area contributed by atoms with Crippen LogP contribution in [0.25, 0.3) is 22.0 Å². The Morgan fingerprint density at radius 1 is 0.839 bits per heavy atom. The van der Waals surface area contributed by atoms with Crippen molar-refractivity contribution in [2.24, 2.45) is 0 Å². The minimum Gasteiger partial charge on any atom is -0.497 e. The van der Waals surface area contributed by atoms with Gasteiger partial charge in [0.25, 0.3) is 0 Å². The van der Waals surface area contributed by atoms with Gasteiger partial charge in [-0.25, -0.2) is 4.98 Å². The number of nitrogens with two attached hydrogens (primary N) is 1. The smallest absolute Gasteiger partial charge is 0.221 e. The molecule has 158 valence electrons. The molecule has 0 unspecified atom stereocenters. The van der Waals surface area contributed by atoms with Crippen LogP contribution < -0.4 is 25.3 Å². The van der Waals surface area contributed by atoms with E-state index in [2.05, 4.69) is 20.3 Å². The van der Waals surface area contributed by atoms with E-state index in [0.29, 0.717) is 17.3 Å². The van der Waals surface area contributed by atoms with Crippen LogP contribution in [0.1, 0.15) is 5.56 Å². The third kappa shape index (κ3) is 4.00. The maximum absolute atomic E-state index is 5.89. The number of nitrogens with one attached hydrogen (secondary N) is 1. The number of anilines is 3. The molecule has 0 aliphatic heterocycles. The van der Waals surface area contributed by atoms with E-state index < -0.39 is 0 Å². The van der Waals surface area contributed by atoms with Gasteiger partial charge < -0.3 is 25.3 Å². The van der Waals surface area contributed by atoms with Gasteiger partial charge in [-0.15, -0.1) is 0 Å². The van der Waals surface area contributed by atoms with Gasteiger partial charge in [0, 0.05) is 23.2 Å². The zero-order chi connectivity index (χ0) is 22.0. The summed E-state index contributed by atoms with van der Waals surface area (Å²) >= 11 is 0. The molecule has 0 aliphatic carbocycles. The number of benzene rings is 2. The number of aromatic nitrogens is 3. The highest BCUT2D eigenvalue weighted by Gasteiger charge is 2.16. The van der Waals surface area contributed by atoms with Crippen LogP contribution in [-0.2, 0) is 0 Å². The van der Waals surface area contributed by atoms with Crippen molar-refractivity contribution in [3.8, 4) is 28.4 Å². The Labute approximate surface area is 180 Å². The average molecular weight is 417 g/mol. The molecule has 0 saturated carbocycles. The SMILES string of the molecule is COc1ccc2cc(Nc3nc(N)ncc3-c3cc(OC)c(OC)cc3C)cnc2c1. The molecule has 2 aromatic carbocycles. The summed E-state index contributed by atoms with van der Waals surface area (Å²) in [4.78, 5) is 13.1. The topological polar surface area (TPSA) is 104 Å². The summed E-state index contributed by atoms with van der Waals surface area (Å²) in [5, 5.41) is 4.30. The summed E-state index contributed by atoms with van der Waals surface area (Å²) in [6.07, 6.45) is 3.43. The molecule has 0 saturated heterocycles. The zero-order valence-corrected chi connectivity index (χ0v) is 17.8. The Hall–Kier alpha value is -4.07. The number of ether oxygens (including phenoxy) is 3. The largest absolute Gasteiger partial charge is 0.497 e. The molecule has 0 radical (unpaired) electrons. The van der Waals surface area contributed by atoms with E-state index in [1.165, 1.54) is 0 Å². The van der Waals surface area contributed by atoms with E-state index in [0.717, 1.165) is 39.0 Å². The Kier molecular flexibility index (Phi) is 5.44. The molecule has 0 spiro atoms. The Balaban J connectivity index is 1.77. The lowest BCUT2D eigenvalue weighted by molar-refractivity contribution is 0.355. The van der Waals surface area contributed by atoms with Crippen molar-refractivity contribution >= 4 is 28.4 Å². The Morgan fingerprint density at radius 2 is 1.61 bits per heavy atom. The van der Waals surface area contributed by atoms with Crippen molar-refractivity contribution in [1.29, 1.82) is 0 Å². The van der Waals surface area contributed by atoms with Crippen LogP contribution >= 0.6 is 0 Å². The van der Waals surface area contributed by atoms with E-state index in [1.54, 1.807) is 33.7 Å². The molecule has 3 N–H and O–H groups in total. The lowest BCUT2D eigenvalue weighted by Crippen LogP contribution is -2.03. The first-order chi connectivity index (χ1) is 15.0. The Morgan fingerprint density at radius 3 is 2.35 bits per heavy atom. The zero-order valence-electron chi connectivity index (χ0n) is 17.8. The van der Waals surface area contributed by atoms with Gasteiger partial charge in [-0.05, 0) is 48.4 Å². The van der Waals surface area contributed by atoms with Crippen LogP contribution in [-0.4, -0.2) is 36.3 Å². The van der Waals surface area contributed by atoms with Crippen molar-refractivity contribution in [2.45, 2.75) is 6.92 Å². The minimum absolute atomic E-state index is 0.169. The standard InChI is InChI=1S/C23H23N5O3/c1-13-7-20(30-3)21(31-4)10-17(13)18-12-26-23(24)28-22(18)27-15-8-14-5-6-16(29-2)9-19(14)25-11-15/h5-12H,1-4H3,(H3,24,26,27,28). The molecule has 2 aromatic heterocycles. The number of aryl methyl sites for hydroxylation is 1. The number of pyridine rings is 1. The number of rotatable bonds is 6. The molecule has 0 atom stereocenters. The monoisotopic (exact) mass is 417 g/mol. The third-order valence-electron chi connectivity index (χ3n) is 4.98. The Bertz CT molecular complexity index is 1260. The number of hydrogen-bond acceptors (Lipinski definition) is 8. The van der Waals surface area contributed by atoms with Crippen molar-refractivity contribution in [3.05, 3.63) is 54.4 Å². The quantitative estimate of drug-likeness (QED) is 0.477. The van der Waals surface area contributed by atoms with E-state index in [4.69, 9.17) is 19.9 Å². The molecule has 4 rings (SSSR count). The van der Waals surface area contributed by atoms with Gasteiger partial charge in [-0.1, -0.05) is 0 Å². The predicted molar refractivity (Wildman–Crippen MR) is 121 cm³/mol. The van der Waals surface area contributed by atoms with Gasteiger partial charge in [0.05, 0.1) is 38.7 Å². The summed E-state index contributed by atoms with van der Waals surface area (Å²) in [6.45, 7) is 1.99. The maximum Gasteiger partial charge on any atom is 0.221 e. The van der Waals surface area contributed by atoms with E-state index in [1.807, 2.05) is 43.3 Å². The highest BCUT2D eigenvalue weighted by Crippen LogP contribution is 2.38. The summed E-state index contributed by atoms with van der Waals surface area (Å²) in [5.74, 6) is 2.77. The summed E-state index contributed by atoms with van der Waals surface area (Å²) in [5.41, 5.74) is 10.2. The fraction of sp³-hybridized carbons (Fsp3) is 0.174. The minimum atomic E-state index is 0.169. The number of hydrogen-bond donors (Lipinski definition) is 2. The molecular formula is C23H23N5O3. The molecule has 0 amide bonds. The first kappa shape index (κ1) is 20.2. The second kappa shape index (κ2) is 8.35. The van der Waals surface area contributed by atoms with E-state index in [9.17, 15) is 0 Å². The fourth-order valence-corrected chi connectivity index (χ4v) is 3.39. The predicted octanol–water partition coefficient (Wildman–Crippen LogP) is 4.35. The lowest BCUT2D eigenvalue weighted by Gasteiger charge is -2.16. The van der Waals surface area contributed by atoms with Crippen molar-refractivity contribution in [1.82, 2.24) is 15.0 Å². The highest BCUT2D eigenvalue weighted by molar-refractivity contribution is 5.86. The van der Waals surface area contributed by atoms with Gasteiger partial charge in [-0.3, -0.25) is 4.98 Å². The van der Waals surface area contributed by atoms with Crippen molar-refractivity contribution in [3.63, 3.8) is 0 Å². The highest BCUT2D eigenvalue weighted by atomic mass is 16.5. The molecule has 31 heavy (non-hydrogen) atoms. The van der Waals surface area contributed by atoms with Crippen molar-refractivity contribution in [2.75, 3.05) is 32.4 Å². The molecule has 0 fully saturated rings. The van der Waals surface area contributed by atoms with Gasteiger partial charge in [-0.2, -0.15) is 4.98 Å². The van der Waals surface area contributed by atoms with Gasteiger partial charge in [0.1, 0.15) is 11.6 Å². The number of fused-ring (bicyclic) bond motifs is 1. The second-order valence-corrected chi connectivity index (χ2v) is 6.92. The molecule has 0 bridgehead atoms. The van der Waals surface area contributed by atoms with Crippen LogP contribution in [0.3, 0.4) is 0 Å². The van der Waals surface area contributed by atoms with Crippen LogP contribution in [0, 0.1) is 6.92 Å². The fourth-order valence-electron chi connectivity index (χ4n) is 3.39. The maximum atomic E-state index is 5.89. The average Bonchev–Trinajstić information content (AvgIpc) is 2.79. The molecule has 0 aliphatic rings. The normalized spacial score (nSPS) is 10.7. The molecule has 4 aromatic rings. The molecular weight excluding hydrogens is 394 g/mol. The van der Waals surface area contributed by atoms with Crippen LogP contribution in [0.4, 0.5) is 17.5 Å². The second-order valence-electron chi connectivity index (χ2n) is 6.92. The van der Waals surface area contributed by atoms with Gasteiger partial charge >= 0.3 is 0 Å². The lowest BCUT2D eigenvalue weighted by atomic mass is 10.0. The number of nitrogen functional groups attached to an aromatic ring is 1. The summed E-state index contributed by atoms with van der Waals surface area (Å²) in [7, 11) is 4.85.